The molecule has 0 saturated carbocycles. The Balaban J connectivity index is 2.01. The lowest BCUT2D eigenvalue weighted by molar-refractivity contribution is -0.133. The maximum atomic E-state index is 10.9. The molecule has 1 aliphatic heterocycles. The standard InChI is InChI=1S/C13H17NO2/c1-2-3-10-4-6-11(7-5-10)12-8-14-13(15)9-16-12/h4-7,12H,2-3,8-9H2,1H3,(H,14,15). The summed E-state index contributed by atoms with van der Waals surface area (Å²) in [6.07, 6.45) is 2.28. The topological polar surface area (TPSA) is 38.3 Å². The van der Waals surface area contributed by atoms with Gasteiger partial charge in [0.15, 0.2) is 0 Å². The lowest BCUT2D eigenvalue weighted by atomic mass is 10.0. The number of carbonyl (C=O) groups is 1. The van der Waals surface area contributed by atoms with Crippen molar-refractivity contribution in [2.24, 2.45) is 0 Å². The first kappa shape index (κ1) is 11.1. The van der Waals surface area contributed by atoms with Gasteiger partial charge in [0.05, 0.1) is 0 Å². The first-order chi connectivity index (χ1) is 7.79. The van der Waals surface area contributed by atoms with Gasteiger partial charge in [-0.25, -0.2) is 0 Å². The summed E-state index contributed by atoms with van der Waals surface area (Å²) in [5.41, 5.74) is 2.49. The summed E-state index contributed by atoms with van der Waals surface area (Å²) in [6.45, 7) is 2.92. The lowest BCUT2D eigenvalue weighted by Crippen LogP contribution is -2.38. The Morgan fingerprint density at radius 2 is 2.12 bits per heavy atom. The van der Waals surface area contributed by atoms with Crippen LogP contribution in [0.2, 0.25) is 0 Å². The van der Waals surface area contributed by atoms with Crippen LogP contribution in [0.5, 0.6) is 0 Å². The summed E-state index contributed by atoms with van der Waals surface area (Å²) in [4.78, 5) is 10.9. The van der Waals surface area contributed by atoms with E-state index >= 15 is 0 Å². The predicted molar refractivity (Wildman–Crippen MR) is 62.1 cm³/mol. The van der Waals surface area contributed by atoms with E-state index in [0.717, 1.165) is 18.4 Å². The maximum Gasteiger partial charge on any atom is 0.246 e. The number of aryl methyl sites for hydroxylation is 1. The second kappa shape index (κ2) is 5.12. The van der Waals surface area contributed by atoms with E-state index < -0.39 is 0 Å². The molecule has 0 spiro atoms. The summed E-state index contributed by atoms with van der Waals surface area (Å²) >= 11 is 0. The van der Waals surface area contributed by atoms with Gasteiger partial charge in [-0.15, -0.1) is 0 Å². The quantitative estimate of drug-likeness (QED) is 0.842. The van der Waals surface area contributed by atoms with Crippen LogP contribution in [0.1, 0.15) is 30.6 Å². The average Bonchev–Trinajstić information content (AvgIpc) is 2.32. The molecule has 0 bridgehead atoms. The van der Waals surface area contributed by atoms with Crippen LogP contribution in [-0.2, 0) is 16.0 Å². The van der Waals surface area contributed by atoms with E-state index in [1.54, 1.807) is 0 Å². The summed E-state index contributed by atoms with van der Waals surface area (Å²) in [5.74, 6) is -0.0288. The fourth-order valence-corrected chi connectivity index (χ4v) is 1.89. The van der Waals surface area contributed by atoms with Crippen LogP contribution in [0.15, 0.2) is 24.3 Å². The second-order valence-electron chi connectivity index (χ2n) is 4.10. The van der Waals surface area contributed by atoms with Crippen molar-refractivity contribution in [2.45, 2.75) is 25.9 Å². The zero-order chi connectivity index (χ0) is 11.4. The number of nitrogens with one attached hydrogen (secondary N) is 1. The van der Waals surface area contributed by atoms with Gasteiger partial charge in [-0.3, -0.25) is 4.79 Å². The second-order valence-corrected chi connectivity index (χ2v) is 4.10. The molecule has 1 unspecified atom stereocenters. The molecule has 1 aromatic rings. The van der Waals surface area contributed by atoms with Crippen LogP contribution in [0.4, 0.5) is 0 Å². The normalized spacial score (nSPS) is 20.6. The van der Waals surface area contributed by atoms with Crippen molar-refractivity contribution in [3.05, 3.63) is 35.4 Å². The van der Waals surface area contributed by atoms with Crippen molar-refractivity contribution in [1.82, 2.24) is 5.32 Å². The smallest absolute Gasteiger partial charge is 0.246 e. The van der Waals surface area contributed by atoms with Crippen LogP contribution in [0.3, 0.4) is 0 Å². The van der Waals surface area contributed by atoms with Crippen molar-refractivity contribution in [2.75, 3.05) is 13.2 Å². The van der Waals surface area contributed by atoms with Crippen LogP contribution in [-0.4, -0.2) is 19.1 Å². The largest absolute Gasteiger partial charge is 0.362 e. The maximum absolute atomic E-state index is 10.9. The Morgan fingerprint density at radius 3 is 2.69 bits per heavy atom. The van der Waals surface area contributed by atoms with Crippen molar-refractivity contribution < 1.29 is 9.53 Å². The van der Waals surface area contributed by atoms with Crippen molar-refractivity contribution in [3.63, 3.8) is 0 Å². The molecule has 2 rings (SSSR count). The molecule has 1 saturated heterocycles. The van der Waals surface area contributed by atoms with Gasteiger partial charge in [0.25, 0.3) is 0 Å². The molecular weight excluding hydrogens is 202 g/mol. The van der Waals surface area contributed by atoms with Gasteiger partial charge < -0.3 is 10.1 Å². The summed E-state index contributed by atoms with van der Waals surface area (Å²) in [6, 6.07) is 8.46. The predicted octanol–water partition coefficient (Wildman–Crippen LogP) is 1.83. The number of amides is 1. The van der Waals surface area contributed by atoms with Gasteiger partial charge in [-0.1, -0.05) is 37.6 Å². The van der Waals surface area contributed by atoms with E-state index in [4.69, 9.17) is 4.74 Å². The lowest BCUT2D eigenvalue weighted by Gasteiger charge is -2.23. The highest BCUT2D eigenvalue weighted by Gasteiger charge is 2.19. The molecule has 1 aromatic carbocycles. The molecule has 86 valence electrons. The van der Waals surface area contributed by atoms with Crippen LogP contribution in [0, 0.1) is 0 Å². The summed E-state index contributed by atoms with van der Waals surface area (Å²) < 4.78 is 5.46. The third-order valence-corrected chi connectivity index (χ3v) is 2.79. The molecular formula is C13H17NO2. The fraction of sp³-hybridized carbons (Fsp3) is 0.462. The minimum absolute atomic E-state index is 0.00776. The molecule has 3 nitrogen and oxygen atoms in total. The van der Waals surface area contributed by atoms with E-state index in [1.165, 1.54) is 5.56 Å². The molecule has 1 N–H and O–H groups in total. The Hall–Kier alpha value is -1.35. The molecule has 1 atom stereocenters. The van der Waals surface area contributed by atoms with Gasteiger partial charge in [0.2, 0.25) is 5.91 Å². The van der Waals surface area contributed by atoms with Crippen LogP contribution >= 0.6 is 0 Å². The minimum atomic E-state index is -0.0288. The fourth-order valence-electron chi connectivity index (χ4n) is 1.89. The zero-order valence-corrected chi connectivity index (χ0v) is 9.53. The highest BCUT2D eigenvalue weighted by atomic mass is 16.5. The molecule has 1 heterocycles. The van der Waals surface area contributed by atoms with Crippen molar-refractivity contribution in [1.29, 1.82) is 0 Å². The van der Waals surface area contributed by atoms with Gasteiger partial charge in [-0.05, 0) is 17.5 Å². The molecule has 1 amide bonds. The molecule has 1 fully saturated rings. The van der Waals surface area contributed by atoms with E-state index in [9.17, 15) is 4.79 Å². The minimum Gasteiger partial charge on any atom is -0.362 e. The molecule has 0 aliphatic carbocycles. The van der Waals surface area contributed by atoms with Crippen molar-refractivity contribution >= 4 is 5.91 Å². The van der Waals surface area contributed by atoms with Crippen LogP contribution in [0.25, 0.3) is 0 Å². The van der Waals surface area contributed by atoms with Crippen LogP contribution < -0.4 is 5.32 Å². The van der Waals surface area contributed by atoms with E-state index in [0.29, 0.717) is 6.54 Å². The Morgan fingerprint density at radius 1 is 1.38 bits per heavy atom. The SMILES string of the molecule is CCCc1ccc(C2CNC(=O)CO2)cc1. The van der Waals surface area contributed by atoms with Gasteiger partial charge in [0, 0.05) is 6.54 Å². The van der Waals surface area contributed by atoms with Gasteiger partial charge in [0.1, 0.15) is 12.7 Å². The monoisotopic (exact) mass is 219 g/mol. The molecule has 1 aliphatic rings. The molecule has 0 aromatic heterocycles. The highest BCUT2D eigenvalue weighted by molar-refractivity contribution is 5.77. The number of rotatable bonds is 3. The molecule has 16 heavy (non-hydrogen) atoms. The first-order valence-electron chi connectivity index (χ1n) is 5.76. The number of benzene rings is 1. The Bertz CT molecular complexity index is 349. The highest BCUT2D eigenvalue weighted by Crippen LogP contribution is 2.19. The number of hydrogen-bond donors (Lipinski definition) is 1. The third kappa shape index (κ3) is 2.61. The first-order valence-corrected chi connectivity index (χ1v) is 5.76. The average molecular weight is 219 g/mol. The van der Waals surface area contributed by atoms with E-state index in [-0.39, 0.29) is 18.6 Å². The molecule has 3 heteroatoms. The third-order valence-electron chi connectivity index (χ3n) is 2.79. The van der Waals surface area contributed by atoms with Crippen molar-refractivity contribution in [3.8, 4) is 0 Å². The van der Waals surface area contributed by atoms with E-state index in [1.807, 2.05) is 0 Å². The summed E-state index contributed by atoms with van der Waals surface area (Å²) in [7, 11) is 0. The number of carbonyl (C=O) groups excluding carboxylic acids is 1. The zero-order valence-electron chi connectivity index (χ0n) is 9.53. The Labute approximate surface area is 95.8 Å². The number of morpholine rings is 1. The van der Waals surface area contributed by atoms with Gasteiger partial charge in [-0.2, -0.15) is 0 Å². The molecule has 0 radical (unpaired) electrons. The number of ether oxygens (including phenoxy) is 1. The van der Waals surface area contributed by atoms with E-state index in [2.05, 4.69) is 36.5 Å². The number of hydrogen-bond acceptors (Lipinski definition) is 2. The van der Waals surface area contributed by atoms with Gasteiger partial charge >= 0.3 is 0 Å². The summed E-state index contributed by atoms with van der Waals surface area (Å²) in [5, 5.41) is 2.81. The Kier molecular flexibility index (Phi) is 3.57.